The van der Waals surface area contributed by atoms with Crippen molar-refractivity contribution in [3.8, 4) is 11.6 Å². The molecule has 1 rings (SSSR count). The molecule has 1 heterocycles. The van der Waals surface area contributed by atoms with Crippen LogP contribution in [-0.4, -0.2) is 18.1 Å². The van der Waals surface area contributed by atoms with Crippen LogP contribution in [0.1, 0.15) is 13.8 Å². The van der Waals surface area contributed by atoms with E-state index in [2.05, 4.69) is 4.98 Å². The van der Waals surface area contributed by atoms with E-state index >= 15 is 0 Å². The maximum Gasteiger partial charge on any atom is 0.313 e. The molecule has 0 atom stereocenters. The van der Waals surface area contributed by atoms with Crippen molar-refractivity contribution in [2.45, 2.75) is 13.8 Å². The number of methoxy groups -OCH3 is 1. The molecule has 0 unspecified atom stereocenters. The van der Waals surface area contributed by atoms with Crippen molar-refractivity contribution < 1.29 is 14.3 Å². The Kier molecular flexibility index (Phi) is 3.45. The number of ether oxygens (including phenoxy) is 2. The van der Waals surface area contributed by atoms with Gasteiger partial charge in [-0.25, -0.2) is 4.98 Å². The number of pyridine rings is 1. The summed E-state index contributed by atoms with van der Waals surface area (Å²) < 4.78 is 10.0. The largest absolute Gasteiger partial charge is 0.478 e. The molecule has 4 heteroatoms. The van der Waals surface area contributed by atoms with E-state index in [1.165, 1.54) is 7.11 Å². The minimum atomic E-state index is -0.295. The highest BCUT2D eigenvalue weighted by Gasteiger charge is 2.13. The zero-order valence-corrected chi connectivity index (χ0v) is 8.48. The lowest BCUT2D eigenvalue weighted by molar-refractivity contribution is -0.137. The van der Waals surface area contributed by atoms with Crippen LogP contribution in [0.3, 0.4) is 0 Å². The van der Waals surface area contributed by atoms with Gasteiger partial charge in [-0.05, 0) is 12.1 Å². The van der Waals surface area contributed by atoms with Crippen LogP contribution in [0.25, 0.3) is 0 Å². The summed E-state index contributed by atoms with van der Waals surface area (Å²) in [5.41, 5.74) is 0. The van der Waals surface area contributed by atoms with E-state index in [0.29, 0.717) is 11.6 Å². The molecule has 4 nitrogen and oxygen atoms in total. The van der Waals surface area contributed by atoms with Crippen LogP contribution < -0.4 is 9.47 Å². The van der Waals surface area contributed by atoms with E-state index in [4.69, 9.17) is 9.47 Å². The maximum atomic E-state index is 11.3. The molecule has 14 heavy (non-hydrogen) atoms. The van der Waals surface area contributed by atoms with Gasteiger partial charge in [-0.3, -0.25) is 4.79 Å². The second-order valence-corrected chi connectivity index (χ2v) is 3.09. The highest BCUT2D eigenvalue weighted by molar-refractivity contribution is 5.74. The summed E-state index contributed by atoms with van der Waals surface area (Å²) in [4.78, 5) is 15.2. The van der Waals surface area contributed by atoms with Crippen LogP contribution in [0.5, 0.6) is 11.6 Å². The SMILES string of the molecule is COc1ncccc1OC(=O)C(C)C. The Morgan fingerprint density at radius 3 is 2.79 bits per heavy atom. The number of aromatic nitrogens is 1. The van der Waals surface area contributed by atoms with Crippen LogP contribution >= 0.6 is 0 Å². The average Bonchev–Trinajstić information content (AvgIpc) is 2.18. The van der Waals surface area contributed by atoms with Gasteiger partial charge in [0, 0.05) is 6.20 Å². The molecule has 76 valence electrons. The van der Waals surface area contributed by atoms with Gasteiger partial charge in [0.1, 0.15) is 0 Å². The third kappa shape index (κ3) is 2.45. The number of hydrogen-bond donors (Lipinski definition) is 0. The van der Waals surface area contributed by atoms with Crippen LogP contribution in [0, 0.1) is 5.92 Å². The molecule has 0 bridgehead atoms. The molecule has 0 aliphatic carbocycles. The molecule has 1 aromatic heterocycles. The van der Waals surface area contributed by atoms with Gasteiger partial charge >= 0.3 is 5.97 Å². The molecular weight excluding hydrogens is 182 g/mol. The first-order valence-corrected chi connectivity index (χ1v) is 4.36. The van der Waals surface area contributed by atoms with Gasteiger partial charge in [0.2, 0.25) is 0 Å². The predicted molar refractivity (Wildman–Crippen MR) is 51.3 cm³/mol. The fourth-order valence-corrected chi connectivity index (χ4v) is 0.833. The van der Waals surface area contributed by atoms with Crippen molar-refractivity contribution in [2.75, 3.05) is 7.11 Å². The number of hydrogen-bond acceptors (Lipinski definition) is 4. The van der Waals surface area contributed by atoms with Crippen molar-refractivity contribution in [2.24, 2.45) is 5.92 Å². The topological polar surface area (TPSA) is 48.4 Å². The van der Waals surface area contributed by atoms with E-state index in [1.54, 1.807) is 32.2 Å². The van der Waals surface area contributed by atoms with Gasteiger partial charge in [-0.2, -0.15) is 0 Å². The van der Waals surface area contributed by atoms with E-state index < -0.39 is 0 Å². The van der Waals surface area contributed by atoms with Crippen LogP contribution in [0.4, 0.5) is 0 Å². The first kappa shape index (κ1) is 10.5. The molecule has 0 fully saturated rings. The molecule has 0 aliphatic rings. The number of carbonyl (C=O) groups excluding carboxylic acids is 1. The Bertz CT molecular complexity index is 323. The van der Waals surface area contributed by atoms with Crippen LogP contribution in [0.15, 0.2) is 18.3 Å². The normalized spacial score (nSPS) is 10.0. The van der Waals surface area contributed by atoms with Crippen molar-refractivity contribution in [1.29, 1.82) is 0 Å². The smallest absolute Gasteiger partial charge is 0.313 e. The fourth-order valence-electron chi connectivity index (χ4n) is 0.833. The summed E-state index contributed by atoms with van der Waals surface area (Å²) in [5.74, 6) is 0.214. The first-order chi connectivity index (χ1) is 6.65. The van der Waals surface area contributed by atoms with E-state index in [0.717, 1.165) is 0 Å². The first-order valence-electron chi connectivity index (χ1n) is 4.36. The number of nitrogens with zero attached hydrogens (tertiary/aromatic N) is 1. The van der Waals surface area contributed by atoms with Crippen molar-refractivity contribution in [3.05, 3.63) is 18.3 Å². The van der Waals surface area contributed by atoms with E-state index in [1.807, 2.05) is 0 Å². The number of rotatable bonds is 3. The summed E-state index contributed by atoms with van der Waals surface area (Å²) >= 11 is 0. The highest BCUT2D eigenvalue weighted by Crippen LogP contribution is 2.23. The Labute approximate surface area is 82.9 Å². The van der Waals surface area contributed by atoms with Gasteiger partial charge in [-0.15, -0.1) is 0 Å². The lowest BCUT2D eigenvalue weighted by atomic mass is 10.2. The van der Waals surface area contributed by atoms with Crippen molar-refractivity contribution >= 4 is 5.97 Å². The predicted octanol–water partition coefficient (Wildman–Crippen LogP) is 1.65. The van der Waals surface area contributed by atoms with E-state index in [-0.39, 0.29) is 11.9 Å². The summed E-state index contributed by atoms with van der Waals surface area (Å²) in [7, 11) is 1.48. The minimum Gasteiger partial charge on any atom is -0.478 e. The molecular formula is C10H13NO3. The zero-order chi connectivity index (χ0) is 10.6. The summed E-state index contributed by atoms with van der Waals surface area (Å²) in [6, 6.07) is 3.33. The lowest BCUT2D eigenvalue weighted by Gasteiger charge is -2.08. The number of carbonyl (C=O) groups is 1. The Morgan fingerprint density at radius 1 is 1.50 bits per heavy atom. The third-order valence-electron chi connectivity index (χ3n) is 1.61. The molecule has 0 aromatic carbocycles. The maximum absolute atomic E-state index is 11.3. The zero-order valence-electron chi connectivity index (χ0n) is 8.48. The second kappa shape index (κ2) is 4.60. The second-order valence-electron chi connectivity index (χ2n) is 3.09. The third-order valence-corrected chi connectivity index (χ3v) is 1.61. The molecule has 0 aliphatic heterocycles. The summed E-state index contributed by atoms with van der Waals surface area (Å²) in [6.07, 6.45) is 1.57. The molecule has 0 N–H and O–H groups in total. The highest BCUT2D eigenvalue weighted by atomic mass is 16.6. The summed E-state index contributed by atoms with van der Waals surface area (Å²) in [5, 5.41) is 0. The lowest BCUT2D eigenvalue weighted by Crippen LogP contribution is -2.15. The van der Waals surface area contributed by atoms with E-state index in [9.17, 15) is 4.79 Å². The molecule has 0 spiro atoms. The fraction of sp³-hybridized carbons (Fsp3) is 0.400. The Balaban J connectivity index is 2.80. The minimum absolute atomic E-state index is 0.167. The Hall–Kier alpha value is -1.58. The average molecular weight is 195 g/mol. The molecule has 1 aromatic rings. The number of esters is 1. The summed E-state index contributed by atoms with van der Waals surface area (Å²) in [6.45, 7) is 3.54. The quantitative estimate of drug-likeness (QED) is 0.688. The standard InChI is InChI=1S/C10H13NO3/c1-7(2)10(12)14-8-5-4-6-11-9(8)13-3/h4-7H,1-3H3. The molecule has 0 amide bonds. The van der Waals surface area contributed by atoms with Gasteiger partial charge < -0.3 is 9.47 Å². The van der Waals surface area contributed by atoms with Gasteiger partial charge in [0.05, 0.1) is 13.0 Å². The van der Waals surface area contributed by atoms with Crippen molar-refractivity contribution in [1.82, 2.24) is 4.98 Å². The van der Waals surface area contributed by atoms with Gasteiger partial charge in [0.25, 0.3) is 5.88 Å². The Morgan fingerprint density at radius 2 is 2.21 bits per heavy atom. The van der Waals surface area contributed by atoms with Gasteiger partial charge in [-0.1, -0.05) is 13.8 Å². The van der Waals surface area contributed by atoms with Crippen LogP contribution in [0.2, 0.25) is 0 Å². The van der Waals surface area contributed by atoms with Crippen molar-refractivity contribution in [3.63, 3.8) is 0 Å². The van der Waals surface area contributed by atoms with Crippen LogP contribution in [-0.2, 0) is 4.79 Å². The monoisotopic (exact) mass is 195 g/mol. The molecule has 0 saturated heterocycles. The molecule has 0 saturated carbocycles. The molecule has 0 radical (unpaired) electrons. The van der Waals surface area contributed by atoms with Gasteiger partial charge in [0.15, 0.2) is 5.75 Å².